The molecule has 0 saturated carbocycles. The predicted octanol–water partition coefficient (Wildman–Crippen LogP) is 2.48. The number of nitrogens with zero attached hydrogens (tertiary/aromatic N) is 3. The lowest BCUT2D eigenvalue weighted by atomic mass is 10.2. The lowest BCUT2D eigenvalue weighted by Gasteiger charge is -2.09. The number of carbonyl (C=O) groups is 1. The molecule has 1 amide bonds. The zero-order valence-corrected chi connectivity index (χ0v) is 10.6. The Labute approximate surface area is 111 Å². The summed E-state index contributed by atoms with van der Waals surface area (Å²) in [6, 6.07) is 0. The SMILES string of the molecule is CCCCCn1ncc([N+](=O)[O-])c1NC(=O)C(F)(F)F. The Morgan fingerprint density at radius 2 is 2.15 bits per heavy atom. The third-order valence-corrected chi connectivity index (χ3v) is 2.48. The first-order valence-corrected chi connectivity index (χ1v) is 5.85. The van der Waals surface area contributed by atoms with Crippen LogP contribution >= 0.6 is 0 Å². The van der Waals surface area contributed by atoms with Gasteiger partial charge in [0.1, 0.15) is 6.20 Å². The second-order valence-electron chi connectivity index (χ2n) is 4.02. The van der Waals surface area contributed by atoms with Crippen LogP contribution in [0.4, 0.5) is 24.7 Å². The minimum atomic E-state index is -5.12. The second-order valence-corrected chi connectivity index (χ2v) is 4.02. The van der Waals surface area contributed by atoms with Gasteiger partial charge in [0.2, 0.25) is 5.82 Å². The van der Waals surface area contributed by atoms with Crippen LogP contribution in [0.2, 0.25) is 0 Å². The maximum absolute atomic E-state index is 12.2. The van der Waals surface area contributed by atoms with Crippen LogP contribution in [0.1, 0.15) is 26.2 Å². The number of hydrogen-bond acceptors (Lipinski definition) is 4. The van der Waals surface area contributed by atoms with Gasteiger partial charge in [-0.15, -0.1) is 0 Å². The van der Waals surface area contributed by atoms with Crippen molar-refractivity contribution in [1.29, 1.82) is 0 Å². The summed E-state index contributed by atoms with van der Waals surface area (Å²) < 4.78 is 37.6. The molecule has 10 heteroatoms. The van der Waals surface area contributed by atoms with Crippen LogP contribution in [0.15, 0.2) is 6.20 Å². The summed E-state index contributed by atoms with van der Waals surface area (Å²) in [6.45, 7) is 2.12. The number of halogens is 3. The highest BCUT2D eigenvalue weighted by atomic mass is 19.4. The van der Waals surface area contributed by atoms with Gasteiger partial charge in [0.05, 0.1) is 4.92 Å². The van der Waals surface area contributed by atoms with E-state index >= 15 is 0 Å². The van der Waals surface area contributed by atoms with Crippen molar-refractivity contribution < 1.29 is 22.9 Å². The highest BCUT2D eigenvalue weighted by molar-refractivity contribution is 5.95. The molecule has 0 radical (unpaired) electrons. The van der Waals surface area contributed by atoms with Crippen molar-refractivity contribution in [1.82, 2.24) is 9.78 Å². The minimum Gasteiger partial charge on any atom is -0.297 e. The average molecular weight is 294 g/mol. The van der Waals surface area contributed by atoms with Crippen molar-refractivity contribution in [2.45, 2.75) is 38.9 Å². The van der Waals surface area contributed by atoms with E-state index in [1.54, 1.807) is 0 Å². The number of aryl methyl sites for hydroxylation is 1. The van der Waals surface area contributed by atoms with E-state index < -0.39 is 28.5 Å². The molecular weight excluding hydrogens is 281 g/mol. The number of unbranched alkanes of at least 4 members (excludes halogenated alkanes) is 2. The van der Waals surface area contributed by atoms with Crippen molar-refractivity contribution in [2.24, 2.45) is 0 Å². The topological polar surface area (TPSA) is 90.1 Å². The molecule has 0 saturated heterocycles. The Balaban J connectivity index is 2.97. The van der Waals surface area contributed by atoms with Gasteiger partial charge in [-0.05, 0) is 6.42 Å². The van der Waals surface area contributed by atoms with Gasteiger partial charge in [0.15, 0.2) is 0 Å². The zero-order valence-electron chi connectivity index (χ0n) is 10.6. The number of alkyl halides is 3. The molecule has 1 rings (SSSR count). The molecule has 0 bridgehead atoms. The van der Waals surface area contributed by atoms with Crippen molar-refractivity contribution in [3.05, 3.63) is 16.3 Å². The van der Waals surface area contributed by atoms with E-state index in [4.69, 9.17) is 0 Å². The molecule has 20 heavy (non-hydrogen) atoms. The van der Waals surface area contributed by atoms with Gasteiger partial charge in [-0.2, -0.15) is 18.3 Å². The van der Waals surface area contributed by atoms with Crippen molar-refractivity contribution in [3.63, 3.8) is 0 Å². The lowest BCUT2D eigenvalue weighted by molar-refractivity contribution is -0.384. The summed E-state index contributed by atoms with van der Waals surface area (Å²) in [5, 5.41) is 15.9. The van der Waals surface area contributed by atoms with E-state index in [1.165, 1.54) is 5.32 Å². The molecule has 0 aromatic carbocycles. The number of anilines is 1. The minimum absolute atomic E-state index is 0.190. The first-order valence-electron chi connectivity index (χ1n) is 5.85. The molecular formula is C10H13F3N4O3. The molecule has 1 aromatic heterocycles. The predicted molar refractivity (Wildman–Crippen MR) is 63.1 cm³/mol. The summed E-state index contributed by atoms with van der Waals surface area (Å²) in [4.78, 5) is 20.7. The van der Waals surface area contributed by atoms with Gasteiger partial charge in [-0.1, -0.05) is 19.8 Å². The summed E-state index contributed by atoms with van der Waals surface area (Å²) >= 11 is 0. The third kappa shape index (κ3) is 3.93. The Bertz CT molecular complexity index is 498. The Morgan fingerprint density at radius 1 is 1.50 bits per heavy atom. The molecule has 0 unspecified atom stereocenters. The smallest absolute Gasteiger partial charge is 0.297 e. The number of hydrogen-bond donors (Lipinski definition) is 1. The van der Waals surface area contributed by atoms with Crippen LogP contribution in [-0.4, -0.2) is 26.8 Å². The van der Waals surface area contributed by atoms with Crippen molar-refractivity contribution in [3.8, 4) is 0 Å². The number of aromatic nitrogens is 2. The number of carbonyl (C=O) groups excluding carboxylic acids is 1. The second kappa shape index (κ2) is 6.35. The fourth-order valence-corrected chi connectivity index (χ4v) is 1.50. The van der Waals surface area contributed by atoms with Crippen LogP contribution in [0.5, 0.6) is 0 Å². The van der Waals surface area contributed by atoms with Crippen molar-refractivity contribution >= 4 is 17.4 Å². The largest absolute Gasteiger partial charge is 0.471 e. The molecule has 0 spiro atoms. The van der Waals surface area contributed by atoms with Gasteiger partial charge in [-0.25, -0.2) is 4.68 Å². The molecule has 112 valence electrons. The quantitative estimate of drug-likeness (QED) is 0.496. The van der Waals surface area contributed by atoms with Crippen LogP contribution in [0.3, 0.4) is 0 Å². The van der Waals surface area contributed by atoms with Crippen molar-refractivity contribution in [2.75, 3.05) is 5.32 Å². The summed E-state index contributed by atoms with van der Waals surface area (Å²) in [7, 11) is 0. The van der Waals surface area contributed by atoms with E-state index in [9.17, 15) is 28.1 Å². The molecule has 1 N–H and O–H groups in total. The summed E-state index contributed by atoms with van der Waals surface area (Å²) in [6.07, 6.45) is -2.05. The molecule has 0 aliphatic rings. The molecule has 0 fully saturated rings. The van der Waals surface area contributed by atoms with Gasteiger partial charge in [-0.3, -0.25) is 20.2 Å². The molecule has 7 nitrogen and oxygen atoms in total. The van der Waals surface area contributed by atoms with E-state index in [0.717, 1.165) is 23.7 Å². The van der Waals surface area contributed by atoms with Gasteiger partial charge >= 0.3 is 17.8 Å². The van der Waals surface area contributed by atoms with Crippen LogP contribution < -0.4 is 5.32 Å². The van der Waals surface area contributed by atoms with E-state index in [0.29, 0.717) is 6.42 Å². The van der Waals surface area contributed by atoms with E-state index in [2.05, 4.69) is 5.10 Å². The maximum Gasteiger partial charge on any atom is 0.471 e. The molecule has 0 atom stereocenters. The average Bonchev–Trinajstić information content (AvgIpc) is 2.72. The monoisotopic (exact) mass is 294 g/mol. The fraction of sp³-hybridized carbons (Fsp3) is 0.600. The molecule has 0 aliphatic heterocycles. The normalized spacial score (nSPS) is 11.4. The van der Waals surface area contributed by atoms with Gasteiger partial charge in [0.25, 0.3) is 0 Å². The Morgan fingerprint density at radius 3 is 2.65 bits per heavy atom. The van der Waals surface area contributed by atoms with Crippen LogP contribution in [0, 0.1) is 10.1 Å². The lowest BCUT2D eigenvalue weighted by Crippen LogP contribution is -2.31. The zero-order chi connectivity index (χ0) is 15.3. The van der Waals surface area contributed by atoms with Crippen LogP contribution in [-0.2, 0) is 11.3 Å². The molecule has 1 aromatic rings. The highest BCUT2D eigenvalue weighted by Crippen LogP contribution is 2.26. The van der Waals surface area contributed by atoms with E-state index in [1.807, 2.05) is 6.92 Å². The van der Waals surface area contributed by atoms with Crippen LogP contribution in [0.25, 0.3) is 0 Å². The van der Waals surface area contributed by atoms with Gasteiger partial charge < -0.3 is 0 Å². The first kappa shape index (κ1) is 15.9. The Kier molecular flexibility index (Phi) is 5.06. The number of nitrogens with one attached hydrogen (secondary N) is 1. The highest BCUT2D eigenvalue weighted by Gasteiger charge is 2.40. The summed E-state index contributed by atoms with van der Waals surface area (Å²) in [5.74, 6) is -2.81. The first-order chi connectivity index (χ1) is 9.27. The number of nitro groups is 1. The molecule has 0 aliphatic carbocycles. The number of amides is 1. The molecule has 1 heterocycles. The standard InChI is InChI=1S/C10H13F3N4O3/c1-2-3-4-5-16-8(7(6-14-16)17(19)20)15-9(18)10(11,12)13/h6H,2-5H2,1H3,(H,15,18). The fourth-order valence-electron chi connectivity index (χ4n) is 1.50. The maximum atomic E-state index is 12.2. The summed E-state index contributed by atoms with van der Waals surface area (Å²) in [5.41, 5.74) is -0.668. The number of rotatable bonds is 6. The Hall–Kier alpha value is -2.13. The van der Waals surface area contributed by atoms with E-state index in [-0.39, 0.29) is 6.54 Å². The van der Waals surface area contributed by atoms with Gasteiger partial charge in [0, 0.05) is 6.54 Å². The third-order valence-electron chi connectivity index (χ3n) is 2.48.